The molecule has 0 unspecified atom stereocenters. The van der Waals surface area contributed by atoms with Gasteiger partial charge in [0, 0.05) is 23.7 Å². The Labute approximate surface area is 217 Å². The molecule has 2 saturated carbocycles. The number of carbonyl (C=O) groups is 2. The second-order valence-electron chi connectivity index (χ2n) is 10.3. The van der Waals surface area contributed by atoms with Gasteiger partial charge in [0.1, 0.15) is 11.9 Å². The standard InChI is InChI=1S/C30H33FN2O4/c1-3-27-28-25(13-10-22-9-8-19(17-32-22)18-6-5-7-21(31)14-18)24-12-11-23(33-30(35)36-4-2)15-20(24)16-26(28)29(34)37-27/h3,5-10,13-14,17,20,23-28H,1,4,11-12,15-16H2,2H3,(H,33,35)/b13-10+/t20-,23+,24+,25-,26-,27-,28-/m0/s1. The van der Waals surface area contributed by atoms with E-state index in [4.69, 9.17) is 9.47 Å². The normalized spacial score (nSPS) is 30.8. The monoisotopic (exact) mass is 504 g/mol. The van der Waals surface area contributed by atoms with Gasteiger partial charge in [0.15, 0.2) is 0 Å². The first-order valence-corrected chi connectivity index (χ1v) is 13.1. The Balaban J connectivity index is 1.36. The zero-order valence-electron chi connectivity index (χ0n) is 21.0. The molecule has 1 amide bonds. The number of pyridine rings is 1. The molecule has 3 aliphatic rings. The number of amides is 1. The van der Waals surface area contributed by atoms with Crippen molar-refractivity contribution in [2.75, 3.05) is 6.61 Å². The highest BCUT2D eigenvalue weighted by Crippen LogP contribution is 2.53. The SMILES string of the molecule is C=C[C@@H]1OC(=O)[C@H]2C[C@@H]3C[C@H](NC(=O)OCC)CC[C@H]3[C@H](/C=C/c3ccc(-c4cccc(F)c4)cn3)[C@H]12. The minimum absolute atomic E-state index is 0.0450. The van der Waals surface area contributed by atoms with Gasteiger partial charge < -0.3 is 14.8 Å². The van der Waals surface area contributed by atoms with Gasteiger partial charge in [-0.15, -0.1) is 0 Å². The van der Waals surface area contributed by atoms with Gasteiger partial charge >= 0.3 is 12.1 Å². The zero-order valence-corrected chi connectivity index (χ0v) is 21.0. The van der Waals surface area contributed by atoms with Gasteiger partial charge in [-0.05, 0) is 80.2 Å². The molecule has 0 bridgehead atoms. The largest absolute Gasteiger partial charge is 0.458 e. The van der Waals surface area contributed by atoms with Crippen LogP contribution in [0.3, 0.4) is 0 Å². The molecule has 7 atom stereocenters. The number of hydrogen-bond donors (Lipinski definition) is 1. The number of nitrogens with one attached hydrogen (secondary N) is 1. The fraction of sp³-hybridized carbons (Fsp3) is 0.433. The van der Waals surface area contributed by atoms with Crippen LogP contribution in [0.1, 0.15) is 38.3 Å². The summed E-state index contributed by atoms with van der Waals surface area (Å²) in [5, 5.41) is 2.99. The van der Waals surface area contributed by atoms with E-state index >= 15 is 0 Å². The third-order valence-corrected chi connectivity index (χ3v) is 8.20. The van der Waals surface area contributed by atoms with Gasteiger partial charge in [-0.3, -0.25) is 9.78 Å². The fourth-order valence-electron chi connectivity index (χ4n) is 6.60. The lowest BCUT2D eigenvalue weighted by Crippen LogP contribution is -2.48. The Morgan fingerprint density at radius 2 is 2.11 bits per heavy atom. The minimum Gasteiger partial charge on any atom is -0.458 e. The molecular formula is C30H33FN2O4. The van der Waals surface area contributed by atoms with Crippen LogP contribution in [0.5, 0.6) is 0 Å². The topological polar surface area (TPSA) is 77.5 Å². The number of nitrogens with zero attached hydrogens (tertiary/aromatic N) is 1. The molecule has 0 radical (unpaired) electrons. The summed E-state index contributed by atoms with van der Waals surface area (Å²) in [6.45, 7) is 6.06. The number of carbonyl (C=O) groups excluding carboxylic acids is 2. The maximum atomic E-state index is 13.6. The van der Waals surface area contributed by atoms with Crippen LogP contribution in [0.15, 0.2) is 61.3 Å². The lowest BCUT2D eigenvalue weighted by molar-refractivity contribution is -0.143. The molecule has 1 aromatic carbocycles. The summed E-state index contributed by atoms with van der Waals surface area (Å²) < 4.78 is 24.4. The van der Waals surface area contributed by atoms with Gasteiger partial charge in [-0.1, -0.05) is 36.9 Å². The van der Waals surface area contributed by atoms with Crippen molar-refractivity contribution in [3.05, 3.63) is 72.8 Å². The van der Waals surface area contributed by atoms with Crippen molar-refractivity contribution in [1.29, 1.82) is 0 Å². The molecule has 1 N–H and O–H groups in total. The van der Waals surface area contributed by atoms with E-state index in [1.54, 1.807) is 25.3 Å². The fourth-order valence-corrected chi connectivity index (χ4v) is 6.60. The quantitative estimate of drug-likeness (QED) is 0.398. The number of ether oxygens (including phenoxy) is 2. The van der Waals surface area contributed by atoms with E-state index in [1.165, 1.54) is 12.1 Å². The number of hydrogen-bond acceptors (Lipinski definition) is 5. The first kappa shape index (κ1) is 25.2. The first-order chi connectivity index (χ1) is 18.0. The number of alkyl carbamates (subject to hydrolysis) is 1. The van der Waals surface area contributed by atoms with Gasteiger partial charge in [0.25, 0.3) is 0 Å². The second kappa shape index (κ2) is 10.9. The Kier molecular flexibility index (Phi) is 7.40. The summed E-state index contributed by atoms with van der Waals surface area (Å²) in [5.74, 6) is 0.251. The molecule has 1 aliphatic heterocycles. The average molecular weight is 505 g/mol. The van der Waals surface area contributed by atoms with Crippen molar-refractivity contribution in [3.63, 3.8) is 0 Å². The summed E-state index contributed by atoms with van der Waals surface area (Å²) in [5.41, 5.74) is 2.44. The molecule has 2 heterocycles. The van der Waals surface area contributed by atoms with Gasteiger partial charge in [0.2, 0.25) is 0 Å². The predicted octanol–water partition coefficient (Wildman–Crippen LogP) is 5.80. The molecule has 3 fully saturated rings. The summed E-state index contributed by atoms with van der Waals surface area (Å²) in [6.07, 6.45) is 10.4. The number of halogens is 1. The summed E-state index contributed by atoms with van der Waals surface area (Å²) in [7, 11) is 0. The molecule has 5 rings (SSSR count). The Morgan fingerprint density at radius 3 is 2.84 bits per heavy atom. The zero-order chi connectivity index (χ0) is 25.9. The van der Waals surface area contributed by atoms with E-state index < -0.39 is 0 Å². The molecular weight excluding hydrogens is 471 g/mol. The van der Waals surface area contributed by atoms with Crippen molar-refractivity contribution in [2.24, 2.45) is 29.6 Å². The maximum absolute atomic E-state index is 13.6. The van der Waals surface area contributed by atoms with Crippen LogP contribution >= 0.6 is 0 Å². The van der Waals surface area contributed by atoms with Gasteiger partial charge in [0.05, 0.1) is 18.2 Å². The first-order valence-electron chi connectivity index (χ1n) is 13.1. The Morgan fingerprint density at radius 1 is 1.24 bits per heavy atom. The molecule has 2 aliphatic carbocycles. The van der Waals surface area contributed by atoms with Crippen LogP contribution in [-0.2, 0) is 14.3 Å². The number of cyclic esters (lactones) is 1. The van der Waals surface area contributed by atoms with Crippen molar-refractivity contribution in [1.82, 2.24) is 10.3 Å². The van der Waals surface area contributed by atoms with E-state index in [9.17, 15) is 14.0 Å². The molecule has 194 valence electrons. The van der Waals surface area contributed by atoms with Crippen LogP contribution in [0, 0.1) is 35.4 Å². The van der Waals surface area contributed by atoms with Crippen LogP contribution in [-0.4, -0.2) is 35.8 Å². The lowest BCUT2D eigenvalue weighted by Gasteiger charge is -2.47. The average Bonchev–Trinajstić information content (AvgIpc) is 3.22. The lowest BCUT2D eigenvalue weighted by atomic mass is 9.56. The van der Waals surface area contributed by atoms with Crippen molar-refractivity contribution < 1.29 is 23.5 Å². The molecule has 1 aromatic heterocycles. The highest BCUT2D eigenvalue weighted by atomic mass is 19.1. The molecule has 0 spiro atoms. The second-order valence-corrected chi connectivity index (χ2v) is 10.3. The number of allylic oxidation sites excluding steroid dienone is 1. The Hall–Kier alpha value is -3.48. The predicted molar refractivity (Wildman–Crippen MR) is 139 cm³/mol. The Bertz CT molecular complexity index is 1180. The van der Waals surface area contributed by atoms with Crippen LogP contribution in [0.2, 0.25) is 0 Å². The maximum Gasteiger partial charge on any atom is 0.407 e. The number of aromatic nitrogens is 1. The third kappa shape index (κ3) is 5.31. The van der Waals surface area contributed by atoms with Gasteiger partial charge in [-0.2, -0.15) is 0 Å². The van der Waals surface area contributed by atoms with E-state index in [-0.39, 0.29) is 47.8 Å². The smallest absolute Gasteiger partial charge is 0.407 e. The van der Waals surface area contributed by atoms with Gasteiger partial charge in [-0.25, -0.2) is 9.18 Å². The van der Waals surface area contributed by atoms with E-state index in [2.05, 4.69) is 23.0 Å². The summed E-state index contributed by atoms with van der Waals surface area (Å²) in [6, 6.07) is 10.4. The van der Waals surface area contributed by atoms with Crippen LogP contribution < -0.4 is 5.32 Å². The van der Waals surface area contributed by atoms with Crippen molar-refractivity contribution in [3.8, 4) is 11.1 Å². The minimum atomic E-state index is -0.379. The summed E-state index contributed by atoms with van der Waals surface area (Å²) >= 11 is 0. The number of esters is 1. The molecule has 7 heteroatoms. The highest BCUT2D eigenvalue weighted by Gasteiger charge is 2.55. The molecule has 1 saturated heterocycles. The van der Waals surface area contributed by atoms with Crippen LogP contribution in [0.4, 0.5) is 9.18 Å². The van der Waals surface area contributed by atoms with E-state index in [0.29, 0.717) is 18.4 Å². The number of benzene rings is 1. The molecule has 6 nitrogen and oxygen atoms in total. The van der Waals surface area contributed by atoms with E-state index in [0.717, 1.165) is 42.5 Å². The van der Waals surface area contributed by atoms with Crippen LogP contribution in [0.25, 0.3) is 17.2 Å². The molecule has 2 aromatic rings. The third-order valence-electron chi connectivity index (χ3n) is 8.20. The number of rotatable bonds is 6. The highest BCUT2D eigenvalue weighted by molar-refractivity contribution is 5.76. The van der Waals surface area contributed by atoms with E-state index in [1.807, 2.05) is 24.3 Å². The molecule has 37 heavy (non-hydrogen) atoms. The number of fused-ring (bicyclic) bond motifs is 2. The van der Waals surface area contributed by atoms with Crippen molar-refractivity contribution >= 4 is 18.1 Å². The van der Waals surface area contributed by atoms with Crippen molar-refractivity contribution in [2.45, 2.75) is 44.8 Å². The summed E-state index contributed by atoms with van der Waals surface area (Å²) in [4.78, 5) is 29.4.